The quantitative estimate of drug-likeness (QED) is 0.556. The number of nitrogens with zero attached hydrogens (tertiary/aromatic N) is 4. The molecule has 33 heavy (non-hydrogen) atoms. The summed E-state index contributed by atoms with van der Waals surface area (Å²) in [5, 5.41) is 13.4. The molecule has 1 aliphatic carbocycles. The Labute approximate surface area is 191 Å². The van der Waals surface area contributed by atoms with E-state index < -0.39 is 23.3 Å². The van der Waals surface area contributed by atoms with E-state index in [0.717, 1.165) is 31.9 Å². The number of alkyl halides is 3. The van der Waals surface area contributed by atoms with Gasteiger partial charge in [0.15, 0.2) is 5.69 Å². The van der Waals surface area contributed by atoms with Crippen molar-refractivity contribution in [2.45, 2.75) is 44.4 Å². The van der Waals surface area contributed by atoms with Gasteiger partial charge in [0, 0.05) is 17.3 Å². The van der Waals surface area contributed by atoms with Crippen molar-refractivity contribution in [1.82, 2.24) is 24.9 Å². The Morgan fingerprint density at radius 2 is 1.79 bits per heavy atom. The number of aromatic nitrogens is 4. The molecule has 174 valence electrons. The fourth-order valence-electron chi connectivity index (χ4n) is 3.77. The van der Waals surface area contributed by atoms with Gasteiger partial charge in [0.25, 0.3) is 5.91 Å². The molecule has 0 saturated heterocycles. The second-order valence-electron chi connectivity index (χ2n) is 7.72. The zero-order valence-corrected chi connectivity index (χ0v) is 18.0. The molecule has 12 heteroatoms. The normalized spacial score (nSPS) is 14.4. The number of carbonyl (C=O) groups is 2. The van der Waals surface area contributed by atoms with Gasteiger partial charge in [0.05, 0.1) is 29.3 Å². The standard InChI is InChI=1S/C21H20ClF3N6O2/c22-13-5-7-16(8-6-13)31-19(21(23,24)25)17(10-27-31)20(33)29-15-9-26-30(11-15)12-18(32)28-14-3-1-2-4-14/h5-11,14H,1-4,12H2,(H,28,32)(H,29,33). The van der Waals surface area contributed by atoms with Gasteiger partial charge in [0.2, 0.25) is 5.91 Å². The first-order valence-electron chi connectivity index (χ1n) is 10.2. The van der Waals surface area contributed by atoms with Crippen LogP contribution in [0.1, 0.15) is 41.7 Å². The molecular formula is C21H20ClF3N6O2. The van der Waals surface area contributed by atoms with Crippen LogP contribution in [0.3, 0.4) is 0 Å². The fourth-order valence-corrected chi connectivity index (χ4v) is 3.90. The van der Waals surface area contributed by atoms with Crippen molar-refractivity contribution in [3.63, 3.8) is 0 Å². The molecule has 2 amide bonds. The number of anilines is 1. The van der Waals surface area contributed by atoms with Crippen molar-refractivity contribution in [1.29, 1.82) is 0 Å². The number of hydrogen-bond donors (Lipinski definition) is 2. The molecule has 0 aliphatic heterocycles. The van der Waals surface area contributed by atoms with Crippen LogP contribution >= 0.6 is 11.6 Å². The van der Waals surface area contributed by atoms with Gasteiger partial charge < -0.3 is 10.6 Å². The van der Waals surface area contributed by atoms with E-state index in [1.165, 1.54) is 41.3 Å². The first kappa shape index (κ1) is 22.8. The lowest BCUT2D eigenvalue weighted by Gasteiger charge is -2.12. The zero-order valence-electron chi connectivity index (χ0n) is 17.3. The summed E-state index contributed by atoms with van der Waals surface area (Å²) in [5.74, 6) is -1.22. The minimum atomic E-state index is -4.84. The Morgan fingerprint density at radius 3 is 2.45 bits per heavy atom. The summed E-state index contributed by atoms with van der Waals surface area (Å²) < 4.78 is 43.3. The number of benzene rings is 1. The number of nitrogens with one attached hydrogen (secondary N) is 2. The molecule has 3 aromatic rings. The lowest BCUT2D eigenvalue weighted by molar-refractivity contribution is -0.143. The van der Waals surface area contributed by atoms with Crippen molar-refractivity contribution in [3.8, 4) is 5.69 Å². The summed E-state index contributed by atoms with van der Waals surface area (Å²) in [5.41, 5.74) is -1.61. The minimum Gasteiger partial charge on any atom is -0.352 e. The van der Waals surface area contributed by atoms with E-state index in [2.05, 4.69) is 20.8 Å². The number of carbonyl (C=O) groups excluding carboxylic acids is 2. The molecule has 0 atom stereocenters. The Kier molecular flexibility index (Phi) is 6.41. The SMILES string of the molecule is O=C(Cn1cc(NC(=O)c2cnn(-c3ccc(Cl)cc3)c2C(F)(F)F)cn1)NC1CCCC1. The molecule has 2 heterocycles. The van der Waals surface area contributed by atoms with E-state index in [0.29, 0.717) is 9.70 Å². The highest BCUT2D eigenvalue weighted by molar-refractivity contribution is 6.30. The molecule has 0 bridgehead atoms. The molecule has 0 spiro atoms. The van der Waals surface area contributed by atoms with Crippen LogP contribution in [-0.4, -0.2) is 37.4 Å². The minimum absolute atomic E-state index is 0.0608. The number of halogens is 4. The Hall–Kier alpha value is -3.34. The third-order valence-corrected chi connectivity index (χ3v) is 5.52. The maximum atomic E-state index is 13.8. The largest absolute Gasteiger partial charge is 0.434 e. The van der Waals surface area contributed by atoms with E-state index in [9.17, 15) is 22.8 Å². The third kappa shape index (κ3) is 5.36. The van der Waals surface area contributed by atoms with Gasteiger partial charge >= 0.3 is 6.18 Å². The van der Waals surface area contributed by atoms with Crippen molar-refractivity contribution < 1.29 is 22.8 Å². The fraction of sp³-hybridized carbons (Fsp3) is 0.333. The van der Waals surface area contributed by atoms with Crippen LogP contribution in [0.4, 0.5) is 18.9 Å². The first-order chi connectivity index (χ1) is 15.7. The topological polar surface area (TPSA) is 93.8 Å². The van der Waals surface area contributed by atoms with Crippen molar-refractivity contribution in [2.75, 3.05) is 5.32 Å². The molecule has 8 nitrogen and oxygen atoms in total. The summed E-state index contributed by atoms with van der Waals surface area (Å²) in [6.07, 6.45) is 2.70. The predicted octanol–water partition coefficient (Wildman–Crippen LogP) is 4.05. The zero-order chi connectivity index (χ0) is 23.6. The highest BCUT2D eigenvalue weighted by Gasteiger charge is 2.40. The van der Waals surface area contributed by atoms with Gasteiger partial charge in [-0.25, -0.2) is 4.68 Å². The summed E-state index contributed by atoms with van der Waals surface area (Å²) in [7, 11) is 0. The van der Waals surface area contributed by atoms with Gasteiger partial charge in [-0.3, -0.25) is 14.3 Å². The van der Waals surface area contributed by atoms with Gasteiger partial charge in [-0.2, -0.15) is 23.4 Å². The van der Waals surface area contributed by atoms with Gasteiger partial charge in [-0.15, -0.1) is 0 Å². The molecule has 1 aliphatic rings. The van der Waals surface area contributed by atoms with E-state index in [1.807, 2.05) is 0 Å². The molecule has 4 rings (SSSR count). The Balaban J connectivity index is 1.48. The van der Waals surface area contributed by atoms with E-state index >= 15 is 0 Å². The highest BCUT2D eigenvalue weighted by atomic mass is 35.5. The molecule has 1 saturated carbocycles. The van der Waals surface area contributed by atoms with E-state index in [4.69, 9.17) is 11.6 Å². The molecular weight excluding hydrogens is 461 g/mol. The van der Waals surface area contributed by atoms with Crippen LogP contribution in [0.25, 0.3) is 5.69 Å². The molecule has 2 aromatic heterocycles. The molecule has 1 aromatic carbocycles. The summed E-state index contributed by atoms with van der Waals surface area (Å²) in [6, 6.07) is 5.75. The van der Waals surface area contributed by atoms with Crippen LogP contribution in [0.5, 0.6) is 0 Å². The summed E-state index contributed by atoms with van der Waals surface area (Å²) in [6.45, 7) is -0.0608. The van der Waals surface area contributed by atoms with Gasteiger partial charge in [-0.05, 0) is 37.1 Å². The molecule has 0 radical (unpaired) electrons. The van der Waals surface area contributed by atoms with Crippen LogP contribution in [0, 0.1) is 0 Å². The highest BCUT2D eigenvalue weighted by Crippen LogP contribution is 2.34. The van der Waals surface area contributed by atoms with E-state index in [1.54, 1.807) is 0 Å². The van der Waals surface area contributed by atoms with Gasteiger partial charge in [0.1, 0.15) is 6.54 Å². The summed E-state index contributed by atoms with van der Waals surface area (Å²) in [4.78, 5) is 24.8. The molecule has 0 unspecified atom stereocenters. The van der Waals surface area contributed by atoms with Crippen LogP contribution < -0.4 is 10.6 Å². The predicted molar refractivity (Wildman–Crippen MR) is 114 cm³/mol. The summed E-state index contributed by atoms with van der Waals surface area (Å²) >= 11 is 5.80. The van der Waals surface area contributed by atoms with Crippen molar-refractivity contribution in [2.24, 2.45) is 0 Å². The van der Waals surface area contributed by atoms with Crippen LogP contribution in [0.2, 0.25) is 5.02 Å². The maximum Gasteiger partial charge on any atom is 0.434 e. The van der Waals surface area contributed by atoms with E-state index in [-0.39, 0.29) is 29.9 Å². The second kappa shape index (κ2) is 9.26. The average Bonchev–Trinajstić information content (AvgIpc) is 3.49. The van der Waals surface area contributed by atoms with Crippen molar-refractivity contribution >= 4 is 29.1 Å². The van der Waals surface area contributed by atoms with Crippen molar-refractivity contribution in [3.05, 3.63) is 59.1 Å². The maximum absolute atomic E-state index is 13.8. The lowest BCUT2D eigenvalue weighted by atomic mass is 10.2. The smallest absolute Gasteiger partial charge is 0.352 e. The van der Waals surface area contributed by atoms with Crippen LogP contribution in [0.15, 0.2) is 42.9 Å². The number of amides is 2. The monoisotopic (exact) mass is 480 g/mol. The number of hydrogen-bond acceptors (Lipinski definition) is 4. The number of rotatable bonds is 6. The molecule has 2 N–H and O–H groups in total. The first-order valence-corrected chi connectivity index (χ1v) is 10.6. The Bertz CT molecular complexity index is 1150. The third-order valence-electron chi connectivity index (χ3n) is 5.27. The Morgan fingerprint density at radius 1 is 1.09 bits per heavy atom. The van der Waals surface area contributed by atoms with Gasteiger partial charge in [-0.1, -0.05) is 24.4 Å². The average molecular weight is 481 g/mol. The van der Waals surface area contributed by atoms with Crippen LogP contribution in [-0.2, 0) is 17.5 Å². The second-order valence-corrected chi connectivity index (χ2v) is 8.16. The molecule has 1 fully saturated rings. The lowest BCUT2D eigenvalue weighted by Crippen LogP contribution is -2.35.